The molecule has 0 fully saturated rings. The molecule has 0 radical (unpaired) electrons. The molecule has 1 aromatic heterocycles. The molecule has 1 rings (SSSR count). The highest BCUT2D eigenvalue weighted by atomic mass is 127. The summed E-state index contributed by atoms with van der Waals surface area (Å²) in [4.78, 5) is 14.8. The van der Waals surface area contributed by atoms with Gasteiger partial charge in [-0.1, -0.05) is 57.7 Å². The van der Waals surface area contributed by atoms with Gasteiger partial charge in [-0.3, -0.25) is 0 Å². The van der Waals surface area contributed by atoms with E-state index in [0.717, 1.165) is 0 Å². The van der Waals surface area contributed by atoms with Crippen molar-refractivity contribution in [2.75, 3.05) is 0 Å². The van der Waals surface area contributed by atoms with Gasteiger partial charge in [-0.05, 0) is 86.0 Å². The van der Waals surface area contributed by atoms with E-state index in [4.69, 9.17) is 0 Å². The molecule has 0 aliphatic rings. The van der Waals surface area contributed by atoms with Gasteiger partial charge in [0.2, 0.25) is 0 Å². The predicted octanol–water partition coefficient (Wildman–Crippen LogP) is 9.52. The summed E-state index contributed by atoms with van der Waals surface area (Å²) in [5.41, 5.74) is 1.10. The third-order valence-electron chi connectivity index (χ3n) is 4.61. The Labute approximate surface area is 285 Å². The van der Waals surface area contributed by atoms with E-state index in [0.29, 0.717) is 42.2 Å². The lowest BCUT2D eigenvalue weighted by molar-refractivity contribution is 0.431. The van der Waals surface area contributed by atoms with Crippen molar-refractivity contribution in [2.45, 2.75) is 0 Å². The molecule has 0 spiro atoms. The molecule has 0 saturated heterocycles. The maximum atomic E-state index is 10.2. The van der Waals surface area contributed by atoms with Gasteiger partial charge in [-0.2, -0.15) is 0 Å². The van der Waals surface area contributed by atoms with E-state index in [-0.39, 0.29) is 34.8 Å². The Morgan fingerprint density at radius 2 is 0.692 bits per heavy atom. The molecule has 204 valence electrons. The van der Waals surface area contributed by atoms with E-state index in [1.54, 1.807) is 0 Å². The summed E-state index contributed by atoms with van der Waals surface area (Å²) in [6, 6.07) is 0. The normalized spacial score (nSPS) is 15.2. The maximum Gasteiger partial charge on any atom is 0.165 e. The van der Waals surface area contributed by atoms with Gasteiger partial charge in [-0.15, -0.1) is 37.9 Å². The van der Waals surface area contributed by atoms with Gasteiger partial charge in [0.1, 0.15) is 17.3 Å². The first-order chi connectivity index (χ1) is 18.3. The summed E-state index contributed by atoms with van der Waals surface area (Å²) >= 11 is 19.5. The van der Waals surface area contributed by atoms with Crippen LogP contribution in [0.3, 0.4) is 0 Å². The van der Waals surface area contributed by atoms with Gasteiger partial charge in [0, 0.05) is 31.4 Å². The van der Waals surface area contributed by atoms with Crippen LogP contribution in [0.5, 0.6) is 0 Å². The number of halogens is 3. The molecule has 0 aliphatic carbocycles. The lowest BCUT2D eigenvalue weighted by Gasteiger charge is -2.14. The van der Waals surface area contributed by atoms with Gasteiger partial charge in [0.15, 0.2) is 17.5 Å². The number of allylic oxidation sites excluding steroid dienone is 12. The summed E-state index contributed by atoms with van der Waals surface area (Å²) in [6.45, 7) is 22.4. The smallest absolute Gasteiger partial charge is 0.165 e. The van der Waals surface area contributed by atoms with Crippen LogP contribution in [0.25, 0.3) is 16.7 Å². The fourth-order valence-corrected chi connectivity index (χ4v) is 5.06. The molecule has 0 aliphatic heterocycles. The Hall–Kier alpha value is -1.47. The Morgan fingerprint density at radius 3 is 0.846 bits per heavy atom. The molecule has 0 unspecified atom stereocenters. The number of nitrogens with zero attached hydrogens (tertiary/aromatic N) is 3. The quantitative estimate of drug-likeness (QED) is 0.0542. The van der Waals surface area contributed by atoms with Crippen LogP contribution >= 0.6 is 106 Å². The van der Waals surface area contributed by atoms with Crippen LogP contribution in [0, 0.1) is 0 Å². The van der Waals surface area contributed by atoms with Gasteiger partial charge >= 0.3 is 0 Å². The first kappa shape index (κ1) is 35.6. The highest BCUT2D eigenvalue weighted by Crippen LogP contribution is 2.36. The molecule has 0 bridgehead atoms. The zero-order valence-electron chi connectivity index (χ0n) is 20.4. The van der Waals surface area contributed by atoms with Crippen LogP contribution in [0.4, 0.5) is 0 Å². The highest BCUT2D eigenvalue weighted by Gasteiger charge is 2.21. The number of aliphatic hydroxyl groups is 3. The molecule has 1 aromatic rings. The zero-order valence-corrected chi connectivity index (χ0v) is 29.5. The summed E-state index contributed by atoms with van der Waals surface area (Å²) in [7, 11) is 0. The molecule has 0 amide bonds. The first-order valence-corrected chi connectivity index (χ1v) is 15.0. The number of hydrogen-bond acceptors (Lipinski definition) is 9. The molecule has 0 saturated carbocycles. The van der Waals surface area contributed by atoms with E-state index in [9.17, 15) is 15.3 Å². The Bertz CT molecular complexity index is 1270. The standard InChI is InChI=1S/C27H24I3N3O3S3/c1-7-13(22(37)19(28)16(34)10-4)25-31-26(14(8-2)23(38)20(29)17(35)11-5)33-27(32-25)15(9-3)24(39)21(30)18(36)12-6/h7-12,34-39H,1-6H2/b19-16-,20-17-,21-18-,22-13-,23-14-,24-15-. The monoisotopic (exact) mass is 915 g/mol. The third kappa shape index (κ3) is 8.76. The second-order valence-corrected chi connectivity index (χ2v) is 11.5. The average Bonchev–Trinajstić information content (AvgIpc) is 2.95. The Kier molecular flexibility index (Phi) is 15.2. The van der Waals surface area contributed by atoms with E-state index in [2.05, 4.69) is 92.3 Å². The van der Waals surface area contributed by atoms with E-state index < -0.39 is 0 Å². The van der Waals surface area contributed by atoms with Crippen molar-refractivity contribution in [3.8, 4) is 0 Å². The average molecular weight is 915 g/mol. The van der Waals surface area contributed by atoms with Crippen LogP contribution in [0.15, 0.2) is 119 Å². The number of thiol groups is 3. The fraction of sp³-hybridized carbons (Fsp3) is 0. The lowest BCUT2D eigenvalue weighted by Crippen LogP contribution is -2.08. The molecule has 39 heavy (non-hydrogen) atoms. The highest BCUT2D eigenvalue weighted by molar-refractivity contribution is 14.1. The largest absolute Gasteiger partial charge is 0.507 e. The topological polar surface area (TPSA) is 99.4 Å². The number of rotatable bonds is 12. The van der Waals surface area contributed by atoms with E-state index >= 15 is 0 Å². The van der Waals surface area contributed by atoms with Crippen molar-refractivity contribution in [3.63, 3.8) is 0 Å². The molecule has 1 heterocycles. The number of hydrogen-bond donors (Lipinski definition) is 6. The van der Waals surface area contributed by atoms with Crippen LogP contribution in [0.1, 0.15) is 17.5 Å². The van der Waals surface area contributed by atoms with Crippen LogP contribution in [0.2, 0.25) is 0 Å². The fourth-order valence-electron chi connectivity index (χ4n) is 2.61. The van der Waals surface area contributed by atoms with Crippen LogP contribution in [-0.4, -0.2) is 30.3 Å². The third-order valence-corrected chi connectivity index (χ3v) is 10.6. The molecule has 12 heteroatoms. The van der Waals surface area contributed by atoms with Crippen molar-refractivity contribution >= 4 is 122 Å². The second kappa shape index (κ2) is 16.7. The van der Waals surface area contributed by atoms with Crippen molar-refractivity contribution in [3.05, 3.63) is 136 Å². The minimum absolute atomic E-state index is 0.0951. The minimum atomic E-state index is -0.0951. The molecule has 0 atom stereocenters. The Morgan fingerprint density at radius 1 is 0.487 bits per heavy atom. The Balaban J connectivity index is 4.43. The molecule has 3 N–H and O–H groups in total. The van der Waals surface area contributed by atoms with Gasteiger partial charge < -0.3 is 15.3 Å². The molecular weight excluding hydrogens is 891 g/mol. The van der Waals surface area contributed by atoms with Crippen LogP contribution in [-0.2, 0) is 0 Å². The first-order valence-electron chi connectivity index (χ1n) is 10.4. The van der Waals surface area contributed by atoms with E-state index in [1.165, 1.54) is 36.5 Å². The molecule has 0 aromatic carbocycles. The second-order valence-electron chi connectivity index (χ2n) is 6.92. The summed E-state index contributed by atoms with van der Waals surface area (Å²) < 4.78 is 1.15. The SMILES string of the molecule is C=C/C(O)=C(I)\C(S)=C(/C=C)c1nc(/C(C=C)=C(S)/C(I)=C(/O)C=C)nc(/C(C=C)=C(S)/C(I)=C(/O)C=C)n1. The van der Waals surface area contributed by atoms with Gasteiger partial charge in [0.05, 0.1) is 10.7 Å². The van der Waals surface area contributed by atoms with Crippen molar-refractivity contribution in [2.24, 2.45) is 0 Å². The van der Waals surface area contributed by atoms with Crippen molar-refractivity contribution in [1.82, 2.24) is 15.0 Å². The van der Waals surface area contributed by atoms with Gasteiger partial charge in [-0.25, -0.2) is 15.0 Å². The molecular formula is C27H24I3N3O3S3. The van der Waals surface area contributed by atoms with Crippen molar-refractivity contribution < 1.29 is 15.3 Å². The molecule has 6 nitrogen and oxygen atoms in total. The maximum absolute atomic E-state index is 10.2. The zero-order chi connectivity index (χ0) is 30.0. The number of aromatic nitrogens is 3. The van der Waals surface area contributed by atoms with E-state index in [1.807, 2.05) is 67.8 Å². The lowest BCUT2D eigenvalue weighted by atomic mass is 10.1. The summed E-state index contributed by atoms with van der Waals surface area (Å²) in [5, 5.41) is 30.6. The summed E-state index contributed by atoms with van der Waals surface area (Å²) in [6.07, 6.45) is 8.29. The summed E-state index contributed by atoms with van der Waals surface area (Å²) in [5.74, 6) is 0.134. The predicted molar refractivity (Wildman–Crippen MR) is 200 cm³/mol. The van der Waals surface area contributed by atoms with Crippen molar-refractivity contribution in [1.29, 1.82) is 0 Å². The van der Waals surface area contributed by atoms with Gasteiger partial charge in [0.25, 0.3) is 0 Å². The van der Waals surface area contributed by atoms with Crippen LogP contribution < -0.4 is 0 Å². The number of aliphatic hydroxyl groups excluding tert-OH is 3. The minimum Gasteiger partial charge on any atom is -0.507 e.